The summed E-state index contributed by atoms with van der Waals surface area (Å²) in [5.74, 6) is 0. The lowest BCUT2D eigenvalue weighted by molar-refractivity contribution is -0.0337. The molecule has 1 aliphatic rings. The molecule has 2 N–H and O–H groups in total. The number of benzene rings is 1. The molecule has 1 fully saturated rings. The molecule has 2 atom stereocenters. The first-order valence-electron chi connectivity index (χ1n) is 6.79. The van der Waals surface area contributed by atoms with Crippen LogP contribution in [0, 0.1) is 0 Å². The minimum absolute atomic E-state index is 0.210. The smallest absolute Gasteiger partial charge is 0.0570 e. The summed E-state index contributed by atoms with van der Waals surface area (Å²) >= 11 is 0. The quantitative estimate of drug-likeness (QED) is 0.862. The SMILES string of the molecule is CC1CC(Nc2ccc(CCO)cc2)CC(C)O1. The monoisotopic (exact) mass is 249 g/mol. The predicted molar refractivity (Wildman–Crippen MR) is 73.9 cm³/mol. The van der Waals surface area contributed by atoms with Crippen LogP contribution in [0.3, 0.4) is 0 Å². The Bertz CT molecular complexity index is 353. The number of aliphatic hydroxyl groups excluding tert-OH is 1. The van der Waals surface area contributed by atoms with Crippen molar-refractivity contribution in [2.75, 3.05) is 11.9 Å². The van der Waals surface area contributed by atoms with Crippen molar-refractivity contribution in [2.45, 2.75) is 51.4 Å². The van der Waals surface area contributed by atoms with E-state index >= 15 is 0 Å². The molecule has 0 bridgehead atoms. The van der Waals surface area contributed by atoms with Crippen molar-refractivity contribution in [1.82, 2.24) is 0 Å². The van der Waals surface area contributed by atoms with Gasteiger partial charge in [0.1, 0.15) is 0 Å². The van der Waals surface area contributed by atoms with E-state index in [2.05, 4.69) is 43.4 Å². The van der Waals surface area contributed by atoms with Crippen molar-refractivity contribution in [1.29, 1.82) is 0 Å². The molecule has 1 aromatic rings. The Balaban J connectivity index is 1.92. The Morgan fingerprint density at radius 1 is 1.17 bits per heavy atom. The largest absolute Gasteiger partial charge is 0.396 e. The van der Waals surface area contributed by atoms with Crippen LogP contribution in [0.4, 0.5) is 5.69 Å². The maximum atomic E-state index is 8.88. The van der Waals surface area contributed by atoms with E-state index in [0.29, 0.717) is 18.2 Å². The van der Waals surface area contributed by atoms with E-state index in [0.717, 1.165) is 24.9 Å². The third kappa shape index (κ3) is 3.72. The highest BCUT2D eigenvalue weighted by Crippen LogP contribution is 2.22. The average Bonchev–Trinajstić information content (AvgIpc) is 2.31. The standard InChI is InChI=1S/C15H23NO2/c1-11-9-15(10-12(2)18-11)16-14-5-3-13(4-6-14)7-8-17/h3-6,11-12,15-17H,7-10H2,1-2H3. The van der Waals surface area contributed by atoms with Crippen molar-refractivity contribution in [3.05, 3.63) is 29.8 Å². The van der Waals surface area contributed by atoms with E-state index in [9.17, 15) is 0 Å². The zero-order chi connectivity index (χ0) is 13.0. The molecule has 0 saturated carbocycles. The van der Waals surface area contributed by atoms with Gasteiger partial charge in [-0.1, -0.05) is 12.1 Å². The lowest BCUT2D eigenvalue weighted by Gasteiger charge is -2.33. The summed E-state index contributed by atoms with van der Waals surface area (Å²) in [7, 11) is 0. The molecule has 100 valence electrons. The third-order valence-corrected chi connectivity index (χ3v) is 3.42. The molecule has 0 aromatic heterocycles. The fourth-order valence-electron chi connectivity index (χ4n) is 2.66. The van der Waals surface area contributed by atoms with Gasteiger partial charge in [-0.2, -0.15) is 0 Å². The van der Waals surface area contributed by atoms with Gasteiger partial charge in [0.05, 0.1) is 12.2 Å². The summed E-state index contributed by atoms with van der Waals surface area (Å²) in [5.41, 5.74) is 2.33. The molecule has 1 heterocycles. The summed E-state index contributed by atoms with van der Waals surface area (Å²) < 4.78 is 5.74. The first kappa shape index (κ1) is 13.4. The van der Waals surface area contributed by atoms with Crippen LogP contribution < -0.4 is 5.32 Å². The fourth-order valence-corrected chi connectivity index (χ4v) is 2.66. The lowest BCUT2D eigenvalue weighted by atomic mass is 9.99. The van der Waals surface area contributed by atoms with E-state index in [1.165, 1.54) is 5.56 Å². The van der Waals surface area contributed by atoms with Gasteiger partial charge in [-0.05, 0) is 50.8 Å². The molecule has 18 heavy (non-hydrogen) atoms. The molecule has 1 aliphatic heterocycles. The Morgan fingerprint density at radius 3 is 2.33 bits per heavy atom. The lowest BCUT2D eigenvalue weighted by Crippen LogP contribution is -2.36. The topological polar surface area (TPSA) is 41.5 Å². The Kier molecular flexibility index (Phi) is 4.61. The van der Waals surface area contributed by atoms with Gasteiger partial charge in [-0.15, -0.1) is 0 Å². The van der Waals surface area contributed by atoms with Gasteiger partial charge in [0.25, 0.3) is 0 Å². The maximum absolute atomic E-state index is 8.88. The van der Waals surface area contributed by atoms with Crippen LogP contribution in [0.15, 0.2) is 24.3 Å². The summed E-state index contributed by atoms with van der Waals surface area (Å²) in [6.45, 7) is 4.48. The zero-order valence-electron chi connectivity index (χ0n) is 11.2. The highest BCUT2D eigenvalue weighted by molar-refractivity contribution is 5.45. The van der Waals surface area contributed by atoms with Crippen molar-refractivity contribution < 1.29 is 9.84 Å². The van der Waals surface area contributed by atoms with E-state index < -0.39 is 0 Å². The van der Waals surface area contributed by atoms with Crippen LogP contribution >= 0.6 is 0 Å². The first-order valence-corrected chi connectivity index (χ1v) is 6.79. The number of rotatable bonds is 4. The van der Waals surface area contributed by atoms with E-state index in [1.54, 1.807) is 0 Å². The molecule has 2 unspecified atom stereocenters. The maximum Gasteiger partial charge on any atom is 0.0570 e. The molecule has 2 rings (SSSR count). The fraction of sp³-hybridized carbons (Fsp3) is 0.600. The molecule has 1 aromatic carbocycles. The Morgan fingerprint density at radius 2 is 1.78 bits per heavy atom. The van der Waals surface area contributed by atoms with Crippen LogP contribution in [-0.4, -0.2) is 30.0 Å². The zero-order valence-corrected chi connectivity index (χ0v) is 11.2. The molecule has 3 heteroatoms. The van der Waals surface area contributed by atoms with Gasteiger partial charge in [-0.3, -0.25) is 0 Å². The molecule has 1 saturated heterocycles. The molecular weight excluding hydrogens is 226 g/mol. The highest BCUT2D eigenvalue weighted by atomic mass is 16.5. The molecule has 0 radical (unpaired) electrons. The van der Waals surface area contributed by atoms with Crippen molar-refractivity contribution in [2.24, 2.45) is 0 Å². The number of aliphatic hydroxyl groups is 1. The molecule has 0 aliphatic carbocycles. The Labute approximate surface area is 109 Å². The van der Waals surface area contributed by atoms with Crippen LogP contribution in [-0.2, 0) is 11.2 Å². The highest BCUT2D eigenvalue weighted by Gasteiger charge is 2.23. The van der Waals surface area contributed by atoms with E-state index in [1.807, 2.05) is 0 Å². The van der Waals surface area contributed by atoms with Gasteiger partial charge < -0.3 is 15.2 Å². The number of hydrogen-bond donors (Lipinski definition) is 2. The van der Waals surface area contributed by atoms with Gasteiger partial charge in [0.15, 0.2) is 0 Å². The van der Waals surface area contributed by atoms with Crippen molar-refractivity contribution >= 4 is 5.69 Å². The van der Waals surface area contributed by atoms with Crippen LogP contribution in [0.5, 0.6) is 0 Å². The molecule has 0 amide bonds. The summed E-state index contributed by atoms with van der Waals surface area (Å²) in [6, 6.07) is 8.83. The number of hydrogen-bond acceptors (Lipinski definition) is 3. The molecule has 3 nitrogen and oxygen atoms in total. The van der Waals surface area contributed by atoms with Gasteiger partial charge in [0, 0.05) is 18.3 Å². The second-order valence-electron chi connectivity index (χ2n) is 5.24. The van der Waals surface area contributed by atoms with Gasteiger partial charge >= 0.3 is 0 Å². The van der Waals surface area contributed by atoms with Crippen LogP contribution in [0.25, 0.3) is 0 Å². The molecule has 0 spiro atoms. The van der Waals surface area contributed by atoms with E-state index in [-0.39, 0.29) is 6.61 Å². The van der Waals surface area contributed by atoms with Gasteiger partial charge in [-0.25, -0.2) is 0 Å². The second kappa shape index (κ2) is 6.21. The first-order chi connectivity index (χ1) is 8.67. The van der Waals surface area contributed by atoms with Crippen molar-refractivity contribution in [3.63, 3.8) is 0 Å². The Hall–Kier alpha value is -1.06. The minimum atomic E-state index is 0.210. The van der Waals surface area contributed by atoms with Crippen molar-refractivity contribution in [3.8, 4) is 0 Å². The third-order valence-electron chi connectivity index (χ3n) is 3.42. The summed E-state index contributed by atoms with van der Waals surface area (Å²) in [5, 5.41) is 12.4. The number of anilines is 1. The number of ether oxygens (including phenoxy) is 1. The summed E-state index contributed by atoms with van der Waals surface area (Å²) in [4.78, 5) is 0. The second-order valence-corrected chi connectivity index (χ2v) is 5.24. The average molecular weight is 249 g/mol. The minimum Gasteiger partial charge on any atom is -0.396 e. The number of nitrogens with one attached hydrogen (secondary N) is 1. The van der Waals surface area contributed by atoms with Crippen LogP contribution in [0.2, 0.25) is 0 Å². The predicted octanol–water partition coefficient (Wildman–Crippen LogP) is 2.59. The normalized spacial score (nSPS) is 28.1. The summed E-state index contributed by atoms with van der Waals surface area (Å²) in [6.07, 6.45) is 3.51. The van der Waals surface area contributed by atoms with E-state index in [4.69, 9.17) is 9.84 Å². The van der Waals surface area contributed by atoms with Gasteiger partial charge in [0.2, 0.25) is 0 Å². The molecular formula is C15H23NO2. The van der Waals surface area contributed by atoms with Crippen LogP contribution in [0.1, 0.15) is 32.3 Å².